The zero-order valence-electron chi connectivity index (χ0n) is 12.5. The molecular formula is C16H22N2O3. The standard InChI is InChI=1S/C16H22N2O3/c1-18(2)10-11-6-8-12(9-7-11)15(19)17-14-5-3-4-13(14)16(20)21/h6-9,13-14H,3-5,10H2,1-2H3,(H,17,19)(H,20,21). The molecule has 0 heterocycles. The maximum Gasteiger partial charge on any atom is 0.308 e. The Morgan fingerprint density at radius 3 is 2.48 bits per heavy atom. The molecule has 0 spiro atoms. The first kappa shape index (κ1) is 15.5. The maximum atomic E-state index is 12.2. The van der Waals surface area contributed by atoms with E-state index >= 15 is 0 Å². The molecule has 0 radical (unpaired) electrons. The fourth-order valence-electron chi connectivity index (χ4n) is 2.81. The number of rotatable bonds is 5. The smallest absolute Gasteiger partial charge is 0.308 e. The molecule has 2 N–H and O–H groups in total. The maximum absolute atomic E-state index is 12.2. The largest absolute Gasteiger partial charge is 0.481 e. The minimum atomic E-state index is -0.820. The molecule has 0 saturated heterocycles. The minimum Gasteiger partial charge on any atom is -0.481 e. The summed E-state index contributed by atoms with van der Waals surface area (Å²) < 4.78 is 0. The highest BCUT2D eigenvalue weighted by Gasteiger charge is 2.33. The van der Waals surface area contributed by atoms with Crippen LogP contribution in [0.3, 0.4) is 0 Å². The lowest BCUT2D eigenvalue weighted by atomic mass is 10.0. The van der Waals surface area contributed by atoms with Crippen molar-refractivity contribution < 1.29 is 14.7 Å². The number of carbonyl (C=O) groups is 2. The van der Waals surface area contributed by atoms with Gasteiger partial charge in [-0.1, -0.05) is 18.6 Å². The van der Waals surface area contributed by atoms with E-state index in [0.29, 0.717) is 12.0 Å². The van der Waals surface area contributed by atoms with Crippen LogP contribution < -0.4 is 5.32 Å². The summed E-state index contributed by atoms with van der Waals surface area (Å²) in [5, 5.41) is 12.0. The Bertz CT molecular complexity index is 511. The van der Waals surface area contributed by atoms with Gasteiger partial charge in [0.25, 0.3) is 5.91 Å². The van der Waals surface area contributed by atoms with Crippen LogP contribution in [0.15, 0.2) is 24.3 Å². The number of amides is 1. The molecule has 2 atom stereocenters. The number of nitrogens with zero attached hydrogens (tertiary/aromatic N) is 1. The van der Waals surface area contributed by atoms with Gasteiger partial charge in [-0.05, 0) is 44.6 Å². The number of carbonyl (C=O) groups excluding carboxylic acids is 1. The predicted octanol–water partition coefficient (Wildman–Crippen LogP) is 1.73. The van der Waals surface area contributed by atoms with Crippen LogP contribution in [-0.4, -0.2) is 42.0 Å². The molecule has 1 aromatic rings. The van der Waals surface area contributed by atoms with Crippen molar-refractivity contribution in [3.63, 3.8) is 0 Å². The van der Waals surface area contributed by atoms with Gasteiger partial charge in [0.1, 0.15) is 0 Å². The fraction of sp³-hybridized carbons (Fsp3) is 0.500. The van der Waals surface area contributed by atoms with E-state index in [1.54, 1.807) is 12.1 Å². The summed E-state index contributed by atoms with van der Waals surface area (Å²) in [6.07, 6.45) is 2.23. The number of carboxylic acid groups (broad SMARTS) is 1. The Hall–Kier alpha value is -1.88. The van der Waals surface area contributed by atoms with Gasteiger partial charge in [-0.15, -0.1) is 0 Å². The highest BCUT2D eigenvalue weighted by Crippen LogP contribution is 2.26. The van der Waals surface area contributed by atoms with E-state index in [1.807, 2.05) is 26.2 Å². The molecule has 5 heteroatoms. The average Bonchev–Trinajstić information content (AvgIpc) is 2.87. The van der Waals surface area contributed by atoms with Crippen molar-refractivity contribution >= 4 is 11.9 Å². The van der Waals surface area contributed by atoms with Gasteiger partial charge in [-0.25, -0.2) is 0 Å². The minimum absolute atomic E-state index is 0.190. The van der Waals surface area contributed by atoms with Gasteiger partial charge in [-0.2, -0.15) is 0 Å². The molecule has 1 amide bonds. The molecule has 0 aromatic heterocycles. The van der Waals surface area contributed by atoms with Gasteiger partial charge in [0.15, 0.2) is 0 Å². The second-order valence-electron chi connectivity index (χ2n) is 5.89. The molecule has 1 aliphatic carbocycles. The van der Waals surface area contributed by atoms with Crippen LogP contribution >= 0.6 is 0 Å². The third-order valence-electron chi connectivity index (χ3n) is 3.86. The number of aliphatic carboxylic acids is 1. The zero-order valence-corrected chi connectivity index (χ0v) is 12.5. The van der Waals surface area contributed by atoms with Gasteiger partial charge in [0, 0.05) is 18.2 Å². The van der Waals surface area contributed by atoms with E-state index in [1.165, 1.54) is 0 Å². The number of hydrogen-bond acceptors (Lipinski definition) is 3. The Morgan fingerprint density at radius 2 is 1.90 bits per heavy atom. The molecule has 5 nitrogen and oxygen atoms in total. The SMILES string of the molecule is CN(C)Cc1ccc(C(=O)NC2CCCC2C(=O)O)cc1. The molecule has 21 heavy (non-hydrogen) atoms. The van der Waals surface area contributed by atoms with E-state index in [0.717, 1.165) is 24.9 Å². The van der Waals surface area contributed by atoms with Crippen molar-refractivity contribution in [1.82, 2.24) is 10.2 Å². The van der Waals surface area contributed by atoms with Crippen LogP contribution in [0.2, 0.25) is 0 Å². The summed E-state index contributed by atoms with van der Waals surface area (Å²) in [7, 11) is 3.99. The van der Waals surface area contributed by atoms with Crippen molar-refractivity contribution in [2.24, 2.45) is 5.92 Å². The lowest BCUT2D eigenvalue weighted by Crippen LogP contribution is -2.40. The normalized spacial score (nSPS) is 21.5. The van der Waals surface area contributed by atoms with Crippen molar-refractivity contribution in [2.75, 3.05) is 14.1 Å². The van der Waals surface area contributed by atoms with Crippen LogP contribution in [-0.2, 0) is 11.3 Å². The molecule has 0 aliphatic heterocycles. The lowest BCUT2D eigenvalue weighted by Gasteiger charge is -2.17. The summed E-state index contributed by atoms with van der Waals surface area (Å²) in [5.41, 5.74) is 1.72. The van der Waals surface area contributed by atoms with Gasteiger partial charge < -0.3 is 15.3 Å². The lowest BCUT2D eigenvalue weighted by molar-refractivity contribution is -0.142. The molecule has 0 bridgehead atoms. The van der Waals surface area contributed by atoms with Gasteiger partial charge >= 0.3 is 5.97 Å². The monoisotopic (exact) mass is 290 g/mol. The summed E-state index contributed by atoms with van der Waals surface area (Å²) >= 11 is 0. The van der Waals surface area contributed by atoms with Crippen molar-refractivity contribution in [3.05, 3.63) is 35.4 Å². The third-order valence-corrected chi connectivity index (χ3v) is 3.86. The average molecular weight is 290 g/mol. The third kappa shape index (κ3) is 4.04. The molecule has 1 saturated carbocycles. The summed E-state index contributed by atoms with van der Waals surface area (Å²) in [5.74, 6) is -1.47. The van der Waals surface area contributed by atoms with Crippen LogP contribution in [0.5, 0.6) is 0 Å². The van der Waals surface area contributed by atoms with E-state index in [-0.39, 0.29) is 11.9 Å². The summed E-state index contributed by atoms with van der Waals surface area (Å²) in [4.78, 5) is 25.4. The zero-order chi connectivity index (χ0) is 15.4. The Balaban J connectivity index is 1.98. The van der Waals surface area contributed by atoms with Crippen molar-refractivity contribution in [1.29, 1.82) is 0 Å². The Morgan fingerprint density at radius 1 is 1.24 bits per heavy atom. The van der Waals surface area contributed by atoms with Crippen molar-refractivity contribution in [2.45, 2.75) is 31.8 Å². The fourth-order valence-corrected chi connectivity index (χ4v) is 2.81. The quantitative estimate of drug-likeness (QED) is 0.866. The highest BCUT2D eigenvalue weighted by atomic mass is 16.4. The van der Waals surface area contributed by atoms with Crippen LogP contribution in [0.4, 0.5) is 0 Å². The molecule has 1 fully saturated rings. The molecule has 1 aliphatic rings. The van der Waals surface area contributed by atoms with E-state index in [2.05, 4.69) is 10.2 Å². The first-order chi connectivity index (χ1) is 9.97. The molecule has 1 aromatic carbocycles. The first-order valence-corrected chi connectivity index (χ1v) is 7.24. The summed E-state index contributed by atoms with van der Waals surface area (Å²) in [6, 6.07) is 7.19. The highest BCUT2D eigenvalue weighted by molar-refractivity contribution is 5.94. The summed E-state index contributed by atoms with van der Waals surface area (Å²) in [6.45, 7) is 0.825. The molecular weight excluding hydrogens is 268 g/mol. The van der Waals surface area contributed by atoms with E-state index in [9.17, 15) is 9.59 Å². The second-order valence-corrected chi connectivity index (χ2v) is 5.89. The topological polar surface area (TPSA) is 69.6 Å². The van der Waals surface area contributed by atoms with Crippen LogP contribution in [0, 0.1) is 5.92 Å². The number of carboxylic acids is 1. The Labute approximate surface area is 125 Å². The van der Waals surface area contributed by atoms with E-state index in [4.69, 9.17) is 5.11 Å². The van der Waals surface area contributed by atoms with Gasteiger partial charge in [0.05, 0.1) is 5.92 Å². The van der Waals surface area contributed by atoms with E-state index < -0.39 is 11.9 Å². The second kappa shape index (κ2) is 6.72. The number of hydrogen-bond donors (Lipinski definition) is 2. The molecule has 2 rings (SSSR count). The van der Waals surface area contributed by atoms with Gasteiger partial charge in [0.2, 0.25) is 0 Å². The van der Waals surface area contributed by atoms with Crippen LogP contribution in [0.25, 0.3) is 0 Å². The van der Waals surface area contributed by atoms with Gasteiger partial charge in [-0.3, -0.25) is 9.59 Å². The van der Waals surface area contributed by atoms with Crippen molar-refractivity contribution in [3.8, 4) is 0 Å². The number of benzene rings is 1. The van der Waals surface area contributed by atoms with Crippen LogP contribution in [0.1, 0.15) is 35.2 Å². The molecule has 114 valence electrons. The predicted molar refractivity (Wildman–Crippen MR) is 80.1 cm³/mol. The Kier molecular flexibility index (Phi) is 4.96. The number of nitrogens with one attached hydrogen (secondary N) is 1. The molecule has 2 unspecified atom stereocenters. The first-order valence-electron chi connectivity index (χ1n) is 7.24.